The predicted molar refractivity (Wildman–Crippen MR) is 99.5 cm³/mol. The van der Waals surface area contributed by atoms with Gasteiger partial charge in [0.2, 0.25) is 5.91 Å². The molecule has 1 unspecified atom stereocenters. The van der Waals surface area contributed by atoms with Gasteiger partial charge < -0.3 is 5.32 Å². The highest BCUT2D eigenvalue weighted by Crippen LogP contribution is 2.12. The molecule has 1 amide bonds. The van der Waals surface area contributed by atoms with Gasteiger partial charge in [-0.2, -0.15) is 5.10 Å². The van der Waals surface area contributed by atoms with Crippen LogP contribution in [-0.2, 0) is 30.7 Å². The van der Waals surface area contributed by atoms with Crippen LogP contribution in [0, 0.1) is 0 Å². The fraction of sp³-hybridized carbons (Fsp3) is 0.500. The third-order valence-electron chi connectivity index (χ3n) is 4.44. The van der Waals surface area contributed by atoms with Crippen molar-refractivity contribution in [2.24, 2.45) is 0 Å². The molecule has 1 atom stereocenters. The molecule has 25 heavy (non-hydrogen) atoms. The molecule has 2 aromatic rings. The van der Waals surface area contributed by atoms with Crippen LogP contribution in [0.25, 0.3) is 0 Å². The highest BCUT2D eigenvalue weighted by atomic mass is 79.9. The van der Waals surface area contributed by atoms with Crippen LogP contribution in [-0.4, -0.2) is 26.3 Å². The minimum Gasteiger partial charge on any atom is -0.352 e. The molecule has 2 heterocycles. The van der Waals surface area contributed by atoms with Crippen molar-refractivity contribution >= 4 is 21.8 Å². The highest BCUT2D eigenvalue weighted by Gasteiger charge is 2.18. The summed E-state index contributed by atoms with van der Waals surface area (Å²) in [5, 5.41) is 7.30. The van der Waals surface area contributed by atoms with Crippen molar-refractivity contribution in [3.63, 3.8) is 0 Å². The largest absolute Gasteiger partial charge is 0.352 e. The maximum atomic E-state index is 12.4. The van der Waals surface area contributed by atoms with E-state index in [0.29, 0.717) is 6.54 Å². The summed E-state index contributed by atoms with van der Waals surface area (Å²) in [6.45, 7) is 2.64. The van der Waals surface area contributed by atoms with Gasteiger partial charge in [0.15, 0.2) is 0 Å². The van der Waals surface area contributed by atoms with Crippen LogP contribution in [0.4, 0.5) is 0 Å². The maximum Gasteiger partial charge on any atom is 0.346 e. The summed E-state index contributed by atoms with van der Waals surface area (Å²) in [7, 11) is 0. The van der Waals surface area contributed by atoms with Crippen LogP contribution in [0.3, 0.4) is 0 Å². The first-order valence-electron chi connectivity index (χ1n) is 8.73. The molecule has 7 heteroatoms. The quantitative estimate of drug-likeness (QED) is 0.827. The zero-order valence-corrected chi connectivity index (χ0v) is 16.0. The van der Waals surface area contributed by atoms with E-state index in [9.17, 15) is 9.59 Å². The molecule has 0 radical (unpaired) electrons. The molecular weight excluding hydrogens is 384 g/mol. The Kier molecular flexibility index (Phi) is 5.73. The summed E-state index contributed by atoms with van der Waals surface area (Å²) in [4.78, 5) is 24.7. The lowest BCUT2D eigenvalue weighted by Gasteiger charge is -2.14. The van der Waals surface area contributed by atoms with Crippen molar-refractivity contribution < 1.29 is 4.79 Å². The van der Waals surface area contributed by atoms with E-state index < -0.39 is 0 Å². The van der Waals surface area contributed by atoms with E-state index >= 15 is 0 Å². The summed E-state index contributed by atoms with van der Waals surface area (Å²) < 4.78 is 4.04. The number of hydrogen-bond donors (Lipinski definition) is 1. The van der Waals surface area contributed by atoms with Crippen molar-refractivity contribution in [1.82, 2.24) is 19.7 Å². The molecule has 1 aliphatic rings. The Morgan fingerprint density at radius 1 is 1.28 bits per heavy atom. The highest BCUT2D eigenvalue weighted by molar-refractivity contribution is 9.10. The number of fused-ring (bicyclic) bond motifs is 1. The predicted octanol–water partition coefficient (Wildman–Crippen LogP) is 2.28. The van der Waals surface area contributed by atoms with Gasteiger partial charge >= 0.3 is 5.69 Å². The third-order valence-corrected chi connectivity index (χ3v) is 4.97. The number of aryl methyl sites for hydroxylation is 1. The Morgan fingerprint density at radius 3 is 2.80 bits per heavy atom. The minimum absolute atomic E-state index is 0.00943. The lowest BCUT2D eigenvalue weighted by molar-refractivity contribution is -0.122. The van der Waals surface area contributed by atoms with E-state index in [2.05, 4.69) is 26.3 Å². The summed E-state index contributed by atoms with van der Waals surface area (Å²) in [5.41, 5.74) is 0.981. The third kappa shape index (κ3) is 4.60. The molecule has 0 saturated heterocycles. The van der Waals surface area contributed by atoms with Gasteiger partial charge in [-0.1, -0.05) is 34.5 Å². The Bertz CT molecular complexity index is 794. The number of amides is 1. The van der Waals surface area contributed by atoms with Crippen LogP contribution in [0.2, 0.25) is 0 Å². The van der Waals surface area contributed by atoms with Gasteiger partial charge in [-0.15, -0.1) is 0 Å². The standard InChI is InChI=1S/C18H23BrN4O2/c1-13(11-14-6-8-15(19)9-7-14)20-17(24)12-23-18(25)22-10-4-2-3-5-16(22)21-23/h6-9,13H,2-5,10-12H2,1H3,(H,20,24). The molecule has 134 valence electrons. The average molecular weight is 407 g/mol. The normalized spacial score (nSPS) is 15.3. The van der Waals surface area contributed by atoms with Crippen molar-refractivity contribution in [2.75, 3.05) is 0 Å². The fourth-order valence-corrected chi connectivity index (χ4v) is 3.47. The van der Waals surface area contributed by atoms with Gasteiger partial charge in [0.05, 0.1) is 0 Å². The number of hydrogen-bond acceptors (Lipinski definition) is 3. The number of rotatable bonds is 5. The van der Waals surface area contributed by atoms with E-state index in [-0.39, 0.29) is 24.2 Å². The Hall–Kier alpha value is -1.89. The topological polar surface area (TPSA) is 68.9 Å². The van der Waals surface area contributed by atoms with Crippen molar-refractivity contribution in [3.05, 3.63) is 50.6 Å². The van der Waals surface area contributed by atoms with Gasteiger partial charge in [-0.3, -0.25) is 9.36 Å². The lowest BCUT2D eigenvalue weighted by atomic mass is 10.1. The molecule has 1 N–H and O–H groups in total. The monoisotopic (exact) mass is 406 g/mol. The summed E-state index contributed by atoms with van der Waals surface area (Å²) in [5.74, 6) is 0.623. The molecule has 0 aliphatic carbocycles. The van der Waals surface area contributed by atoms with Crippen LogP contribution < -0.4 is 11.0 Å². The number of carbonyl (C=O) groups is 1. The van der Waals surface area contributed by atoms with Crippen LogP contribution >= 0.6 is 15.9 Å². The van der Waals surface area contributed by atoms with E-state index in [1.165, 1.54) is 4.68 Å². The molecular formula is C18H23BrN4O2. The second-order valence-electron chi connectivity index (χ2n) is 6.62. The first-order chi connectivity index (χ1) is 12.0. The second kappa shape index (κ2) is 7.99. The lowest BCUT2D eigenvalue weighted by Crippen LogP contribution is -2.39. The SMILES string of the molecule is CC(Cc1ccc(Br)cc1)NC(=O)Cn1nc2n(c1=O)CCCCC2. The minimum atomic E-state index is -0.181. The average Bonchev–Trinajstić information content (AvgIpc) is 2.75. The molecule has 1 aromatic heterocycles. The number of carbonyl (C=O) groups excluding carboxylic acids is 1. The van der Waals surface area contributed by atoms with E-state index in [4.69, 9.17) is 0 Å². The first kappa shape index (κ1) is 17.9. The summed E-state index contributed by atoms with van der Waals surface area (Å²) >= 11 is 3.41. The second-order valence-corrected chi connectivity index (χ2v) is 7.53. The van der Waals surface area contributed by atoms with Crippen LogP contribution in [0.5, 0.6) is 0 Å². The summed E-state index contributed by atoms with van der Waals surface area (Å²) in [6, 6.07) is 8.03. The molecule has 1 aromatic carbocycles. The number of nitrogens with one attached hydrogen (secondary N) is 1. The molecule has 0 bridgehead atoms. The Balaban J connectivity index is 1.59. The van der Waals surface area contributed by atoms with Crippen molar-refractivity contribution in [3.8, 4) is 0 Å². The van der Waals surface area contributed by atoms with Gasteiger partial charge in [0.25, 0.3) is 0 Å². The molecule has 0 saturated carbocycles. The van der Waals surface area contributed by atoms with Crippen LogP contribution in [0.1, 0.15) is 37.6 Å². The van der Waals surface area contributed by atoms with E-state index in [1.807, 2.05) is 31.2 Å². The number of nitrogens with zero attached hydrogens (tertiary/aromatic N) is 3. The van der Waals surface area contributed by atoms with Crippen molar-refractivity contribution in [1.29, 1.82) is 0 Å². The number of halogens is 1. The van der Waals surface area contributed by atoms with E-state index in [0.717, 1.165) is 48.0 Å². The maximum absolute atomic E-state index is 12.4. The fourth-order valence-electron chi connectivity index (χ4n) is 3.21. The van der Waals surface area contributed by atoms with Gasteiger partial charge in [0.1, 0.15) is 12.4 Å². The van der Waals surface area contributed by atoms with Crippen LogP contribution in [0.15, 0.2) is 33.5 Å². The van der Waals surface area contributed by atoms with Gasteiger partial charge in [0, 0.05) is 23.5 Å². The Labute approximate surface area is 155 Å². The molecule has 1 aliphatic heterocycles. The smallest absolute Gasteiger partial charge is 0.346 e. The number of aromatic nitrogens is 3. The Morgan fingerprint density at radius 2 is 2.04 bits per heavy atom. The van der Waals surface area contributed by atoms with Gasteiger partial charge in [-0.25, -0.2) is 9.48 Å². The molecule has 3 rings (SSSR count). The zero-order chi connectivity index (χ0) is 17.8. The number of benzene rings is 1. The van der Waals surface area contributed by atoms with Crippen molar-refractivity contribution in [2.45, 2.75) is 58.2 Å². The van der Waals surface area contributed by atoms with E-state index in [1.54, 1.807) is 4.57 Å². The molecule has 6 nitrogen and oxygen atoms in total. The first-order valence-corrected chi connectivity index (χ1v) is 9.52. The zero-order valence-electron chi connectivity index (χ0n) is 14.4. The molecule has 0 fully saturated rings. The summed E-state index contributed by atoms with van der Waals surface area (Å²) in [6.07, 6.45) is 4.72. The molecule has 0 spiro atoms. The van der Waals surface area contributed by atoms with Gasteiger partial charge in [-0.05, 0) is 43.9 Å².